The van der Waals surface area contributed by atoms with Gasteiger partial charge in [0.15, 0.2) is 0 Å². The average Bonchev–Trinajstić information content (AvgIpc) is 2.17. The summed E-state index contributed by atoms with van der Waals surface area (Å²) in [6, 6.07) is 7.88. The van der Waals surface area contributed by atoms with E-state index in [1.807, 2.05) is 24.3 Å². The Kier molecular flexibility index (Phi) is 3.02. The lowest BCUT2D eigenvalue weighted by Crippen LogP contribution is -2.20. The molecule has 1 aromatic carbocycles. The molecule has 0 fully saturated rings. The molecule has 0 aliphatic rings. The number of benzene rings is 1. The number of nitrogens with two attached hydrogens (primary N) is 2. The van der Waals surface area contributed by atoms with Crippen molar-refractivity contribution < 1.29 is 0 Å². The Bertz CT molecular complexity index is 251. The van der Waals surface area contributed by atoms with E-state index < -0.39 is 0 Å². The summed E-state index contributed by atoms with van der Waals surface area (Å²) in [6.07, 6.45) is 1.80. The van der Waals surface area contributed by atoms with Gasteiger partial charge in [-0.05, 0) is 11.1 Å². The topological polar surface area (TPSA) is 52.0 Å². The number of hydrogen-bond acceptors (Lipinski definition) is 2. The smallest absolute Gasteiger partial charge is 0.0419 e. The molecule has 0 heterocycles. The van der Waals surface area contributed by atoms with E-state index in [1.165, 1.54) is 0 Å². The van der Waals surface area contributed by atoms with E-state index in [1.54, 1.807) is 6.08 Å². The van der Waals surface area contributed by atoms with Gasteiger partial charge < -0.3 is 11.5 Å². The minimum Gasteiger partial charge on any atom is -0.329 e. The monoisotopic (exact) mass is 162 g/mol. The Morgan fingerprint density at radius 3 is 2.33 bits per heavy atom. The Morgan fingerprint density at radius 1 is 1.33 bits per heavy atom. The molecule has 1 unspecified atom stereocenters. The van der Waals surface area contributed by atoms with Crippen LogP contribution in [0.2, 0.25) is 0 Å². The van der Waals surface area contributed by atoms with Crippen molar-refractivity contribution in [2.45, 2.75) is 6.04 Å². The molecule has 1 aromatic rings. The summed E-state index contributed by atoms with van der Waals surface area (Å²) in [6.45, 7) is 4.15. The highest BCUT2D eigenvalue weighted by Crippen LogP contribution is 2.10. The molecular weight excluding hydrogens is 148 g/mol. The van der Waals surface area contributed by atoms with Gasteiger partial charge >= 0.3 is 0 Å². The minimum atomic E-state index is -0.0520. The van der Waals surface area contributed by atoms with Gasteiger partial charge in [-0.25, -0.2) is 0 Å². The van der Waals surface area contributed by atoms with E-state index in [0.717, 1.165) is 11.1 Å². The fourth-order valence-electron chi connectivity index (χ4n) is 1.02. The number of rotatable bonds is 3. The van der Waals surface area contributed by atoms with Crippen LogP contribution in [0.5, 0.6) is 0 Å². The van der Waals surface area contributed by atoms with Gasteiger partial charge in [0.1, 0.15) is 0 Å². The molecule has 0 bridgehead atoms. The Balaban J connectivity index is 2.84. The highest BCUT2D eigenvalue weighted by Gasteiger charge is 2.01. The zero-order valence-corrected chi connectivity index (χ0v) is 7.03. The van der Waals surface area contributed by atoms with E-state index in [2.05, 4.69) is 6.58 Å². The SMILES string of the molecule is C=Cc1ccc(C(N)CN)cc1. The predicted molar refractivity (Wildman–Crippen MR) is 52.5 cm³/mol. The largest absolute Gasteiger partial charge is 0.329 e. The summed E-state index contributed by atoms with van der Waals surface area (Å²) in [7, 11) is 0. The first-order valence-electron chi connectivity index (χ1n) is 3.96. The van der Waals surface area contributed by atoms with Gasteiger partial charge in [0.25, 0.3) is 0 Å². The normalized spacial score (nSPS) is 12.5. The van der Waals surface area contributed by atoms with Gasteiger partial charge in [0, 0.05) is 12.6 Å². The Hall–Kier alpha value is -1.12. The Labute approximate surface area is 72.9 Å². The van der Waals surface area contributed by atoms with Crippen molar-refractivity contribution >= 4 is 6.08 Å². The maximum Gasteiger partial charge on any atom is 0.0419 e. The van der Waals surface area contributed by atoms with E-state index in [0.29, 0.717) is 6.54 Å². The van der Waals surface area contributed by atoms with Crippen LogP contribution in [0.4, 0.5) is 0 Å². The van der Waals surface area contributed by atoms with Gasteiger partial charge in [-0.2, -0.15) is 0 Å². The van der Waals surface area contributed by atoms with Crippen LogP contribution < -0.4 is 11.5 Å². The molecule has 4 N–H and O–H groups in total. The first-order chi connectivity index (χ1) is 5.77. The van der Waals surface area contributed by atoms with Crippen molar-refractivity contribution in [2.24, 2.45) is 11.5 Å². The van der Waals surface area contributed by atoms with Crippen molar-refractivity contribution in [2.75, 3.05) is 6.54 Å². The fourth-order valence-corrected chi connectivity index (χ4v) is 1.02. The van der Waals surface area contributed by atoms with Gasteiger partial charge in [-0.15, -0.1) is 0 Å². The second kappa shape index (κ2) is 4.04. The quantitative estimate of drug-likeness (QED) is 0.703. The lowest BCUT2D eigenvalue weighted by atomic mass is 10.1. The summed E-state index contributed by atoms with van der Waals surface area (Å²) in [5, 5.41) is 0. The molecule has 0 aliphatic carbocycles. The predicted octanol–water partition coefficient (Wildman–Crippen LogP) is 1.29. The van der Waals surface area contributed by atoms with Crippen LogP contribution >= 0.6 is 0 Å². The van der Waals surface area contributed by atoms with Crippen LogP contribution in [0.25, 0.3) is 6.08 Å². The Morgan fingerprint density at radius 2 is 1.92 bits per heavy atom. The molecule has 64 valence electrons. The van der Waals surface area contributed by atoms with Gasteiger partial charge in [0.2, 0.25) is 0 Å². The second-order valence-corrected chi connectivity index (χ2v) is 2.71. The molecule has 0 saturated carbocycles. The third-order valence-electron chi connectivity index (χ3n) is 1.85. The van der Waals surface area contributed by atoms with Gasteiger partial charge in [0.05, 0.1) is 0 Å². The molecule has 12 heavy (non-hydrogen) atoms. The highest BCUT2D eigenvalue weighted by molar-refractivity contribution is 5.47. The van der Waals surface area contributed by atoms with Crippen LogP contribution in [-0.2, 0) is 0 Å². The highest BCUT2D eigenvalue weighted by atomic mass is 14.7. The first-order valence-corrected chi connectivity index (χ1v) is 3.96. The molecule has 0 aliphatic heterocycles. The zero-order valence-electron chi connectivity index (χ0n) is 7.03. The van der Waals surface area contributed by atoms with Crippen molar-refractivity contribution in [3.8, 4) is 0 Å². The first kappa shape index (κ1) is 8.97. The van der Waals surface area contributed by atoms with Crippen molar-refractivity contribution in [3.63, 3.8) is 0 Å². The van der Waals surface area contributed by atoms with E-state index in [4.69, 9.17) is 11.5 Å². The maximum absolute atomic E-state index is 5.73. The van der Waals surface area contributed by atoms with Crippen molar-refractivity contribution in [3.05, 3.63) is 42.0 Å². The summed E-state index contributed by atoms with van der Waals surface area (Å²) >= 11 is 0. The third-order valence-corrected chi connectivity index (χ3v) is 1.85. The minimum absolute atomic E-state index is 0.0520. The molecule has 0 amide bonds. The molecule has 0 spiro atoms. The van der Waals surface area contributed by atoms with Crippen molar-refractivity contribution in [1.82, 2.24) is 0 Å². The zero-order chi connectivity index (χ0) is 8.97. The van der Waals surface area contributed by atoms with Crippen LogP contribution in [0.3, 0.4) is 0 Å². The van der Waals surface area contributed by atoms with Crippen LogP contribution in [-0.4, -0.2) is 6.54 Å². The lowest BCUT2D eigenvalue weighted by molar-refractivity contribution is 0.737. The van der Waals surface area contributed by atoms with Gasteiger partial charge in [-0.1, -0.05) is 36.9 Å². The maximum atomic E-state index is 5.73. The average molecular weight is 162 g/mol. The summed E-state index contributed by atoms with van der Waals surface area (Å²) in [5.41, 5.74) is 13.3. The molecule has 2 heteroatoms. The van der Waals surface area contributed by atoms with Gasteiger partial charge in [-0.3, -0.25) is 0 Å². The summed E-state index contributed by atoms with van der Waals surface area (Å²) < 4.78 is 0. The summed E-state index contributed by atoms with van der Waals surface area (Å²) in [4.78, 5) is 0. The van der Waals surface area contributed by atoms with Crippen LogP contribution in [0, 0.1) is 0 Å². The molecule has 1 rings (SSSR count). The summed E-state index contributed by atoms with van der Waals surface area (Å²) in [5.74, 6) is 0. The molecular formula is C10H14N2. The van der Waals surface area contributed by atoms with E-state index in [9.17, 15) is 0 Å². The second-order valence-electron chi connectivity index (χ2n) is 2.71. The molecule has 0 aromatic heterocycles. The number of hydrogen-bond donors (Lipinski definition) is 2. The fraction of sp³-hybridized carbons (Fsp3) is 0.200. The van der Waals surface area contributed by atoms with E-state index >= 15 is 0 Å². The van der Waals surface area contributed by atoms with E-state index in [-0.39, 0.29) is 6.04 Å². The standard InChI is InChI=1S/C10H14N2/c1-2-8-3-5-9(6-4-8)10(12)7-11/h2-6,10H,1,7,11-12H2. The molecule has 2 nitrogen and oxygen atoms in total. The van der Waals surface area contributed by atoms with Crippen LogP contribution in [0.1, 0.15) is 17.2 Å². The van der Waals surface area contributed by atoms with Crippen molar-refractivity contribution in [1.29, 1.82) is 0 Å². The third kappa shape index (κ3) is 1.94. The lowest BCUT2D eigenvalue weighted by Gasteiger charge is -2.08. The molecule has 0 saturated heterocycles. The molecule has 0 radical (unpaired) electrons. The van der Waals surface area contributed by atoms with Crippen LogP contribution in [0.15, 0.2) is 30.8 Å². The molecule has 1 atom stereocenters.